The van der Waals surface area contributed by atoms with Crippen LogP contribution in [0.1, 0.15) is 16.1 Å². The quantitative estimate of drug-likeness (QED) is 0.653. The number of carbonyl (C=O) groups is 1. The molecule has 0 saturated heterocycles. The van der Waals surface area contributed by atoms with E-state index in [0.717, 1.165) is 5.69 Å². The maximum atomic E-state index is 11.2. The van der Waals surface area contributed by atoms with Crippen LogP contribution in [0.15, 0.2) is 35.6 Å². The number of aromatic nitrogens is 2. The zero-order valence-electron chi connectivity index (χ0n) is 10.6. The van der Waals surface area contributed by atoms with Crippen molar-refractivity contribution in [2.75, 3.05) is 11.6 Å². The van der Waals surface area contributed by atoms with Crippen LogP contribution in [0.3, 0.4) is 0 Å². The van der Waals surface area contributed by atoms with Crippen LogP contribution in [0, 0.1) is 0 Å². The molecule has 0 spiro atoms. The van der Waals surface area contributed by atoms with Crippen molar-refractivity contribution in [1.29, 1.82) is 0 Å². The molecule has 0 saturated carbocycles. The number of hydrogen-bond acceptors (Lipinski definition) is 5. The second kappa shape index (κ2) is 6.58. The molecule has 7 heteroatoms. The number of nitrogens with one attached hydrogen (secondary N) is 1. The average molecular weight is 310 g/mol. The fourth-order valence-corrected chi connectivity index (χ4v) is 2.16. The van der Waals surface area contributed by atoms with Crippen LogP contribution in [-0.2, 0) is 6.54 Å². The van der Waals surface area contributed by atoms with Gasteiger partial charge >= 0.3 is 5.97 Å². The highest BCUT2D eigenvalue weighted by Crippen LogP contribution is 2.21. The van der Waals surface area contributed by atoms with Crippen LogP contribution in [0.4, 0.5) is 5.69 Å². The van der Waals surface area contributed by atoms with Crippen LogP contribution >= 0.6 is 23.4 Å². The number of halogens is 1. The lowest BCUT2D eigenvalue weighted by atomic mass is 10.2. The summed E-state index contributed by atoms with van der Waals surface area (Å²) in [4.78, 5) is 19.4. The van der Waals surface area contributed by atoms with Gasteiger partial charge in [0.05, 0.1) is 22.9 Å². The molecule has 20 heavy (non-hydrogen) atoms. The zero-order chi connectivity index (χ0) is 14.5. The van der Waals surface area contributed by atoms with Gasteiger partial charge < -0.3 is 10.4 Å². The van der Waals surface area contributed by atoms with Gasteiger partial charge in [0, 0.05) is 6.20 Å². The molecule has 2 N–H and O–H groups in total. The van der Waals surface area contributed by atoms with Gasteiger partial charge in [-0.1, -0.05) is 35.5 Å². The van der Waals surface area contributed by atoms with Crippen LogP contribution in [0.2, 0.25) is 5.02 Å². The summed E-state index contributed by atoms with van der Waals surface area (Å²) >= 11 is 7.39. The van der Waals surface area contributed by atoms with E-state index in [1.54, 1.807) is 6.07 Å². The van der Waals surface area contributed by atoms with E-state index in [1.165, 1.54) is 18.0 Å². The van der Waals surface area contributed by atoms with Crippen molar-refractivity contribution in [2.45, 2.75) is 11.7 Å². The number of carboxylic acids is 1. The van der Waals surface area contributed by atoms with Crippen molar-refractivity contribution in [3.05, 3.63) is 46.7 Å². The largest absolute Gasteiger partial charge is 0.478 e. The number of nitrogens with zero attached hydrogens (tertiary/aromatic N) is 2. The summed E-state index contributed by atoms with van der Waals surface area (Å²) in [6.07, 6.45) is 3.16. The molecule has 1 aromatic carbocycles. The van der Waals surface area contributed by atoms with Crippen molar-refractivity contribution in [3.63, 3.8) is 0 Å². The lowest BCUT2D eigenvalue weighted by Gasteiger charge is -2.10. The lowest BCUT2D eigenvalue weighted by Crippen LogP contribution is -2.11. The molecule has 2 rings (SSSR count). The molecule has 0 fully saturated rings. The smallest absolute Gasteiger partial charge is 0.339 e. The molecule has 0 unspecified atom stereocenters. The first-order chi connectivity index (χ1) is 9.61. The van der Waals surface area contributed by atoms with Gasteiger partial charge in [-0.25, -0.2) is 14.8 Å². The van der Waals surface area contributed by atoms with E-state index in [0.29, 0.717) is 15.9 Å². The minimum Gasteiger partial charge on any atom is -0.478 e. The minimum atomic E-state index is -1.05. The van der Waals surface area contributed by atoms with Gasteiger partial charge in [-0.05, 0) is 18.4 Å². The molecular formula is C13H12ClN3O2S. The van der Waals surface area contributed by atoms with Crippen molar-refractivity contribution in [2.24, 2.45) is 0 Å². The molecule has 0 aliphatic heterocycles. The van der Waals surface area contributed by atoms with E-state index < -0.39 is 5.97 Å². The fraction of sp³-hybridized carbons (Fsp3) is 0.154. The van der Waals surface area contributed by atoms with Gasteiger partial charge in [-0.3, -0.25) is 0 Å². The Kier molecular flexibility index (Phi) is 4.81. The van der Waals surface area contributed by atoms with Crippen LogP contribution in [0.5, 0.6) is 0 Å². The van der Waals surface area contributed by atoms with Crippen molar-refractivity contribution in [3.8, 4) is 0 Å². The standard InChI is InChI=1S/C13H12ClN3O2S/c1-20-13-16-6-8(12(18)19)11(17-13)7-15-10-5-3-2-4-9(10)14/h2-6,15H,7H2,1H3,(H,18,19). The molecule has 0 aliphatic rings. The van der Waals surface area contributed by atoms with Crippen molar-refractivity contribution >= 4 is 35.0 Å². The molecule has 0 atom stereocenters. The van der Waals surface area contributed by atoms with E-state index in [4.69, 9.17) is 16.7 Å². The molecule has 2 aromatic rings. The topological polar surface area (TPSA) is 75.1 Å². The van der Waals surface area contributed by atoms with E-state index in [1.807, 2.05) is 24.5 Å². The Morgan fingerprint density at radius 3 is 2.85 bits per heavy atom. The monoisotopic (exact) mass is 309 g/mol. The summed E-state index contributed by atoms with van der Waals surface area (Å²) in [7, 11) is 0. The van der Waals surface area contributed by atoms with E-state index in [-0.39, 0.29) is 12.1 Å². The third-order valence-corrected chi connectivity index (χ3v) is 3.47. The number of para-hydroxylation sites is 1. The molecule has 0 amide bonds. The fourth-order valence-electron chi connectivity index (χ4n) is 1.59. The molecule has 0 radical (unpaired) electrons. The Labute approximate surface area is 125 Å². The number of thioether (sulfide) groups is 1. The Bertz CT molecular complexity index is 637. The van der Waals surface area contributed by atoms with E-state index >= 15 is 0 Å². The maximum Gasteiger partial charge on any atom is 0.339 e. The highest BCUT2D eigenvalue weighted by atomic mass is 35.5. The maximum absolute atomic E-state index is 11.2. The van der Waals surface area contributed by atoms with Crippen LogP contribution < -0.4 is 5.32 Å². The molecular weight excluding hydrogens is 298 g/mol. The third kappa shape index (κ3) is 3.40. The Hall–Kier alpha value is -1.79. The first-order valence-electron chi connectivity index (χ1n) is 5.73. The number of rotatable bonds is 5. The van der Waals surface area contributed by atoms with E-state index in [2.05, 4.69) is 15.3 Å². The second-order valence-corrected chi connectivity index (χ2v) is 5.04. The van der Waals surface area contributed by atoms with Gasteiger partial charge in [-0.2, -0.15) is 0 Å². The summed E-state index contributed by atoms with van der Waals surface area (Å²) in [6.45, 7) is 0.265. The zero-order valence-corrected chi connectivity index (χ0v) is 12.2. The molecule has 1 aromatic heterocycles. The third-order valence-electron chi connectivity index (χ3n) is 2.58. The highest BCUT2D eigenvalue weighted by molar-refractivity contribution is 7.98. The number of hydrogen-bond donors (Lipinski definition) is 2. The molecule has 104 valence electrons. The molecule has 1 heterocycles. The van der Waals surface area contributed by atoms with Crippen molar-refractivity contribution < 1.29 is 9.90 Å². The molecule has 0 bridgehead atoms. The summed E-state index contributed by atoms with van der Waals surface area (Å²) in [6, 6.07) is 7.25. The number of aromatic carboxylic acids is 1. The van der Waals surface area contributed by atoms with Crippen LogP contribution in [0.25, 0.3) is 0 Å². The number of carboxylic acid groups (broad SMARTS) is 1. The Balaban J connectivity index is 2.24. The van der Waals surface area contributed by atoms with Crippen molar-refractivity contribution in [1.82, 2.24) is 9.97 Å². The first-order valence-corrected chi connectivity index (χ1v) is 7.33. The van der Waals surface area contributed by atoms with E-state index in [9.17, 15) is 4.79 Å². The predicted molar refractivity (Wildman–Crippen MR) is 79.6 cm³/mol. The summed E-state index contributed by atoms with van der Waals surface area (Å²) in [5.74, 6) is -1.05. The average Bonchev–Trinajstić information content (AvgIpc) is 2.46. The molecule has 5 nitrogen and oxygen atoms in total. The predicted octanol–water partition coefficient (Wildman–Crippen LogP) is 3.16. The van der Waals surface area contributed by atoms with Gasteiger partial charge in [-0.15, -0.1) is 0 Å². The second-order valence-electron chi connectivity index (χ2n) is 3.86. The number of anilines is 1. The lowest BCUT2D eigenvalue weighted by molar-refractivity contribution is 0.0694. The van der Waals surface area contributed by atoms with Gasteiger partial charge in [0.1, 0.15) is 5.56 Å². The highest BCUT2D eigenvalue weighted by Gasteiger charge is 2.13. The molecule has 0 aliphatic carbocycles. The summed E-state index contributed by atoms with van der Waals surface area (Å²) in [5.41, 5.74) is 1.24. The van der Waals surface area contributed by atoms with Gasteiger partial charge in [0.25, 0.3) is 0 Å². The summed E-state index contributed by atoms with van der Waals surface area (Å²) in [5, 5.41) is 13.3. The Morgan fingerprint density at radius 1 is 1.45 bits per heavy atom. The first kappa shape index (κ1) is 14.6. The van der Waals surface area contributed by atoms with Crippen LogP contribution in [-0.4, -0.2) is 27.3 Å². The van der Waals surface area contributed by atoms with Gasteiger partial charge in [0.2, 0.25) is 0 Å². The number of benzene rings is 1. The summed E-state index contributed by atoms with van der Waals surface area (Å²) < 4.78 is 0. The van der Waals surface area contributed by atoms with Gasteiger partial charge in [0.15, 0.2) is 5.16 Å². The SMILES string of the molecule is CSc1ncc(C(=O)O)c(CNc2ccccc2Cl)n1. The normalized spacial score (nSPS) is 10.3. The minimum absolute atomic E-state index is 0.0855. The Morgan fingerprint density at radius 2 is 2.20 bits per heavy atom.